The highest BCUT2D eigenvalue weighted by atomic mass is 16.2. The van der Waals surface area contributed by atoms with Gasteiger partial charge < -0.3 is 11.1 Å². The Morgan fingerprint density at radius 2 is 1.92 bits per heavy atom. The number of anilines is 1. The summed E-state index contributed by atoms with van der Waals surface area (Å²) >= 11 is 0. The van der Waals surface area contributed by atoms with E-state index >= 15 is 0 Å². The van der Waals surface area contributed by atoms with E-state index in [1.54, 1.807) is 6.92 Å². The molecule has 0 fully saturated rings. The number of benzene rings is 2. The summed E-state index contributed by atoms with van der Waals surface area (Å²) < 4.78 is 1.93. The van der Waals surface area contributed by atoms with Gasteiger partial charge in [0.05, 0.1) is 11.7 Å². The van der Waals surface area contributed by atoms with Crippen molar-refractivity contribution in [2.45, 2.75) is 32.4 Å². The molecule has 3 aromatic rings. The fraction of sp³-hybridized carbons (Fsp3) is 0.263. The van der Waals surface area contributed by atoms with Crippen LogP contribution in [0.4, 0.5) is 5.69 Å². The molecule has 1 aromatic heterocycles. The molecule has 5 nitrogen and oxygen atoms in total. The second-order valence-electron chi connectivity index (χ2n) is 6.48. The number of hydrogen-bond donors (Lipinski definition) is 2. The van der Waals surface area contributed by atoms with Gasteiger partial charge in [-0.1, -0.05) is 30.3 Å². The van der Waals surface area contributed by atoms with Crippen LogP contribution >= 0.6 is 0 Å². The Bertz CT molecular complexity index is 865. The third kappa shape index (κ3) is 2.90. The van der Waals surface area contributed by atoms with Crippen molar-refractivity contribution >= 4 is 22.5 Å². The number of rotatable bonds is 4. The lowest BCUT2D eigenvalue weighted by molar-refractivity contribution is -0.120. The molecule has 0 radical (unpaired) electrons. The molecule has 0 aliphatic carbocycles. The molecule has 124 valence electrons. The average molecular weight is 322 g/mol. The van der Waals surface area contributed by atoms with Gasteiger partial charge in [0.15, 0.2) is 0 Å². The van der Waals surface area contributed by atoms with Crippen molar-refractivity contribution in [3.05, 3.63) is 60.3 Å². The molecular weight excluding hydrogens is 300 g/mol. The second kappa shape index (κ2) is 6.09. The van der Waals surface area contributed by atoms with Crippen molar-refractivity contribution in [1.29, 1.82) is 0 Å². The smallest absolute Gasteiger partial charge is 0.248 e. The van der Waals surface area contributed by atoms with Crippen LogP contribution in [-0.2, 0) is 10.3 Å². The van der Waals surface area contributed by atoms with Gasteiger partial charge in [-0.3, -0.25) is 9.48 Å². The van der Waals surface area contributed by atoms with E-state index in [1.165, 1.54) is 0 Å². The van der Waals surface area contributed by atoms with E-state index in [1.807, 2.05) is 59.4 Å². The Labute approximate surface area is 141 Å². The predicted molar refractivity (Wildman–Crippen MR) is 96.7 cm³/mol. The van der Waals surface area contributed by atoms with Gasteiger partial charge in [0.2, 0.25) is 5.91 Å². The molecule has 0 bridgehead atoms. The van der Waals surface area contributed by atoms with Crippen LogP contribution < -0.4 is 11.1 Å². The zero-order valence-electron chi connectivity index (χ0n) is 14.2. The molecule has 1 heterocycles. The summed E-state index contributed by atoms with van der Waals surface area (Å²) in [5.74, 6) is -0.247. The van der Waals surface area contributed by atoms with Crippen molar-refractivity contribution in [1.82, 2.24) is 9.78 Å². The molecule has 5 heteroatoms. The van der Waals surface area contributed by atoms with E-state index in [2.05, 4.69) is 24.3 Å². The van der Waals surface area contributed by atoms with Crippen molar-refractivity contribution in [2.75, 3.05) is 5.32 Å². The first-order chi connectivity index (χ1) is 11.4. The number of hydrogen-bond acceptors (Lipinski definition) is 3. The number of aromatic nitrogens is 2. The van der Waals surface area contributed by atoms with E-state index in [0.717, 1.165) is 16.5 Å². The summed E-state index contributed by atoms with van der Waals surface area (Å²) in [5, 5.41) is 8.36. The Kier molecular flexibility index (Phi) is 4.11. The van der Waals surface area contributed by atoms with Crippen LogP contribution in [0.25, 0.3) is 10.9 Å². The lowest BCUT2D eigenvalue weighted by atomic mass is 9.92. The van der Waals surface area contributed by atoms with Gasteiger partial charge in [-0.25, -0.2) is 0 Å². The van der Waals surface area contributed by atoms with Crippen molar-refractivity contribution in [3.63, 3.8) is 0 Å². The van der Waals surface area contributed by atoms with Gasteiger partial charge in [0.1, 0.15) is 5.54 Å². The highest BCUT2D eigenvalue weighted by Crippen LogP contribution is 2.24. The van der Waals surface area contributed by atoms with Crippen LogP contribution in [0.15, 0.2) is 54.7 Å². The zero-order chi connectivity index (χ0) is 17.3. The topological polar surface area (TPSA) is 72.9 Å². The molecule has 0 saturated carbocycles. The highest BCUT2D eigenvalue weighted by molar-refractivity contribution is 5.99. The number of carbonyl (C=O) groups is 1. The van der Waals surface area contributed by atoms with Gasteiger partial charge in [-0.15, -0.1) is 0 Å². The van der Waals surface area contributed by atoms with Crippen LogP contribution in [0, 0.1) is 0 Å². The Hall–Kier alpha value is -2.66. The van der Waals surface area contributed by atoms with E-state index in [-0.39, 0.29) is 11.9 Å². The first kappa shape index (κ1) is 16.2. The highest BCUT2D eigenvalue weighted by Gasteiger charge is 2.30. The summed E-state index contributed by atoms with van der Waals surface area (Å²) in [4.78, 5) is 12.7. The average Bonchev–Trinajstić information content (AvgIpc) is 2.99. The van der Waals surface area contributed by atoms with Gasteiger partial charge in [0, 0.05) is 17.1 Å². The van der Waals surface area contributed by atoms with Crippen LogP contribution in [0.3, 0.4) is 0 Å². The normalized spacial score (nSPS) is 13.9. The molecule has 2 aromatic carbocycles. The lowest BCUT2D eigenvalue weighted by Crippen LogP contribution is -2.45. The molecular formula is C19H22N4O. The summed E-state index contributed by atoms with van der Waals surface area (Å²) in [6.07, 6.45) is 1.83. The number of nitrogens with one attached hydrogen (secondary N) is 1. The maximum atomic E-state index is 12.7. The molecule has 1 atom stereocenters. The maximum absolute atomic E-state index is 12.7. The first-order valence-corrected chi connectivity index (χ1v) is 8.02. The molecule has 1 unspecified atom stereocenters. The summed E-state index contributed by atoms with van der Waals surface area (Å²) in [7, 11) is 0. The Balaban J connectivity index is 1.89. The zero-order valence-corrected chi connectivity index (χ0v) is 14.2. The summed E-state index contributed by atoms with van der Waals surface area (Å²) in [6.45, 7) is 5.86. The Morgan fingerprint density at radius 1 is 1.21 bits per heavy atom. The van der Waals surface area contributed by atoms with Gasteiger partial charge in [0.25, 0.3) is 0 Å². The van der Waals surface area contributed by atoms with E-state index < -0.39 is 5.54 Å². The number of amides is 1. The third-order valence-corrected chi connectivity index (χ3v) is 4.19. The van der Waals surface area contributed by atoms with E-state index in [0.29, 0.717) is 5.69 Å². The first-order valence-electron chi connectivity index (χ1n) is 8.02. The standard InChI is InChI=1S/C19H22N4O/c1-13(2)23-17-11-16(10-9-14(17)12-21-23)22-18(24)19(3,20)15-7-5-4-6-8-15/h4-13H,20H2,1-3H3,(H,22,24). The van der Waals surface area contributed by atoms with Crippen LogP contribution in [0.2, 0.25) is 0 Å². The van der Waals surface area contributed by atoms with Crippen molar-refractivity contribution in [3.8, 4) is 0 Å². The van der Waals surface area contributed by atoms with Crippen LogP contribution in [0.1, 0.15) is 32.4 Å². The van der Waals surface area contributed by atoms with Crippen molar-refractivity contribution in [2.24, 2.45) is 5.73 Å². The number of carbonyl (C=O) groups excluding carboxylic acids is 1. The molecule has 0 saturated heterocycles. The summed E-state index contributed by atoms with van der Waals surface area (Å²) in [5.41, 5.74) is 7.64. The fourth-order valence-corrected chi connectivity index (χ4v) is 2.70. The molecule has 1 amide bonds. The minimum atomic E-state index is -1.10. The predicted octanol–water partition coefficient (Wildman–Crippen LogP) is 3.43. The maximum Gasteiger partial charge on any atom is 0.248 e. The molecule has 0 aliphatic heterocycles. The molecule has 3 rings (SSSR count). The van der Waals surface area contributed by atoms with Crippen LogP contribution in [0.5, 0.6) is 0 Å². The quantitative estimate of drug-likeness (QED) is 0.773. The minimum Gasteiger partial charge on any atom is -0.324 e. The second-order valence-corrected chi connectivity index (χ2v) is 6.48. The van der Waals surface area contributed by atoms with E-state index in [4.69, 9.17) is 5.73 Å². The molecule has 0 aliphatic rings. The molecule has 24 heavy (non-hydrogen) atoms. The largest absolute Gasteiger partial charge is 0.324 e. The number of fused-ring (bicyclic) bond motifs is 1. The van der Waals surface area contributed by atoms with Gasteiger partial charge in [-0.2, -0.15) is 5.10 Å². The van der Waals surface area contributed by atoms with Crippen LogP contribution in [-0.4, -0.2) is 15.7 Å². The molecule has 0 spiro atoms. The lowest BCUT2D eigenvalue weighted by Gasteiger charge is -2.24. The minimum absolute atomic E-state index is 0.247. The fourth-order valence-electron chi connectivity index (χ4n) is 2.70. The molecule has 3 N–H and O–H groups in total. The van der Waals surface area contributed by atoms with E-state index in [9.17, 15) is 4.79 Å². The van der Waals surface area contributed by atoms with Crippen molar-refractivity contribution < 1.29 is 4.79 Å². The monoisotopic (exact) mass is 322 g/mol. The van der Waals surface area contributed by atoms with Gasteiger partial charge in [-0.05, 0) is 44.5 Å². The number of nitrogens with zero attached hydrogens (tertiary/aromatic N) is 2. The number of nitrogens with two attached hydrogens (primary N) is 1. The summed E-state index contributed by atoms with van der Waals surface area (Å²) in [6, 6.07) is 15.4. The Morgan fingerprint density at radius 3 is 2.58 bits per heavy atom. The van der Waals surface area contributed by atoms with Gasteiger partial charge >= 0.3 is 0 Å². The SMILES string of the molecule is CC(C)n1ncc2ccc(NC(=O)C(C)(N)c3ccccc3)cc21. The third-order valence-electron chi connectivity index (χ3n) is 4.19.